The van der Waals surface area contributed by atoms with Crippen molar-refractivity contribution in [3.8, 4) is 0 Å². The van der Waals surface area contributed by atoms with Gasteiger partial charge in [0.1, 0.15) is 11.4 Å². The lowest BCUT2D eigenvalue weighted by molar-refractivity contribution is -0.153. The van der Waals surface area contributed by atoms with E-state index in [1.807, 2.05) is 0 Å². The molecule has 0 bridgehead atoms. The summed E-state index contributed by atoms with van der Waals surface area (Å²) >= 11 is 5.65. The zero-order valence-corrected chi connectivity index (χ0v) is 16.8. The van der Waals surface area contributed by atoms with Crippen LogP contribution >= 0.6 is 11.6 Å². The number of hydrogen-bond donors (Lipinski definition) is 1. The zero-order valence-electron chi connectivity index (χ0n) is 16.1. The highest BCUT2D eigenvalue weighted by Crippen LogP contribution is 2.21. The Morgan fingerprint density at radius 3 is 2.68 bits per heavy atom. The third kappa shape index (κ3) is 6.67. The molecule has 2 amide bonds. The van der Waals surface area contributed by atoms with Gasteiger partial charge >= 0.3 is 12.1 Å². The standard InChI is InChI=1S/C19H24ClFN2O5/c1-19(2,3)28-18(26)23-8-4-5-12(10-23)17(25)27-11-16(24)22-13-6-7-15(21)14(20)9-13/h6-7,9,12H,4-5,8,10-11H2,1-3H3,(H,22,24). The van der Waals surface area contributed by atoms with Crippen LogP contribution in [0.25, 0.3) is 0 Å². The van der Waals surface area contributed by atoms with Gasteiger partial charge in [0.15, 0.2) is 6.61 Å². The summed E-state index contributed by atoms with van der Waals surface area (Å²) in [7, 11) is 0. The quantitative estimate of drug-likeness (QED) is 0.761. The molecule has 1 aromatic carbocycles. The largest absolute Gasteiger partial charge is 0.455 e. The molecule has 0 aromatic heterocycles. The zero-order chi connectivity index (χ0) is 20.9. The second-order valence-corrected chi connectivity index (χ2v) is 7.96. The summed E-state index contributed by atoms with van der Waals surface area (Å²) in [5.74, 6) is -2.25. The van der Waals surface area contributed by atoms with Gasteiger partial charge in [0, 0.05) is 18.8 Å². The van der Waals surface area contributed by atoms with Gasteiger partial charge in [0.25, 0.3) is 5.91 Å². The summed E-state index contributed by atoms with van der Waals surface area (Å²) in [6, 6.07) is 3.73. The van der Waals surface area contributed by atoms with E-state index in [-0.39, 0.29) is 11.6 Å². The third-order valence-corrected chi connectivity index (χ3v) is 4.24. The van der Waals surface area contributed by atoms with Crippen molar-refractivity contribution in [3.05, 3.63) is 29.0 Å². The van der Waals surface area contributed by atoms with E-state index in [9.17, 15) is 18.8 Å². The Morgan fingerprint density at radius 2 is 2.04 bits per heavy atom. The second kappa shape index (κ2) is 9.23. The minimum atomic E-state index is -0.619. The normalized spacial score (nSPS) is 17.0. The van der Waals surface area contributed by atoms with Crippen molar-refractivity contribution in [2.75, 3.05) is 25.0 Å². The Balaban J connectivity index is 1.82. The molecule has 1 saturated heterocycles. The summed E-state index contributed by atoms with van der Waals surface area (Å²) in [5.41, 5.74) is -0.326. The van der Waals surface area contributed by atoms with Crippen LogP contribution in [-0.2, 0) is 19.1 Å². The number of benzene rings is 1. The van der Waals surface area contributed by atoms with Crippen molar-refractivity contribution in [1.82, 2.24) is 4.90 Å². The first-order valence-corrected chi connectivity index (χ1v) is 9.32. The van der Waals surface area contributed by atoms with Gasteiger partial charge in [-0.3, -0.25) is 9.59 Å². The number of esters is 1. The molecule has 2 rings (SSSR count). The molecule has 9 heteroatoms. The van der Waals surface area contributed by atoms with Crippen LogP contribution < -0.4 is 5.32 Å². The number of nitrogens with one attached hydrogen (secondary N) is 1. The molecular weight excluding hydrogens is 391 g/mol. The van der Waals surface area contributed by atoms with Crippen LogP contribution in [0.1, 0.15) is 33.6 Å². The van der Waals surface area contributed by atoms with Gasteiger partial charge < -0.3 is 19.7 Å². The van der Waals surface area contributed by atoms with Gasteiger partial charge in [-0.25, -0.2) is 9.18 Å². The van der Waals surface area contributed by atoms with Crippen LogP contribution in [-0.4, -0.2) is 48.2 Å². The van der Waals surface area contributed by atoms with Crippen molar-refractivity contribution < 1.29 is 28.2 Å². The predicted octanol–water partition coefficient (Wildman–Crippen LogP) is 3.61. The maximum atomic E-state index is 13.1. The smallest absolute Gasteiger partial charge is 0.410 e. The molecule has 0 aliphatic carbocycles. The van der Waals surface area contributed by atoms with Crippen LogP contribution in [0.4, 0.5) is 14.9 Å². The number of rotatable bonds is 4. The number of amides is 2. The van der Waals surface area contributed by atoms with E-state index in [1.54, 1.807) is 20.8 Å². The van der Waals surface area contributed by atoms with Gasteiger partial charge in [-0.15, -0.1) is 0 Å². The maximum Gasteiger partial charge on any atom is 0.410 e. The van der Waals surface area contributed by atoms with Gasteiger partial charge in [-0.2, -0.15) is 0 Å². The van der Waals surface area contributed by atoms with Gasteiger partial charge in [0.2, 0.25) is 0 Å². The number of halogens is 2. The Hall–Kier alpha value is -2.35. The lowest BCUT2D eigenvalue weighted by atomic mass is 9.98. The number of hydrogen-bond acceptors (Lipinski definition) is 5. The monoisotopic (exact) mass is 414 g/mol. The Bertz CT molecular complexity index is 750. The van der Waals surface area contributed by atoms with E-state index in [0.717, 1.165) is 6.07 Å². The summed E-state index contributed by atoms with van der Waals surface area (Å²) in [6.45, 7) is 5.51. The third-order valence-electron chi connectivity index (χ3n) is 3.96. The number of anilines is 1. The molecule has 0 spiro atoms. The number of carbonyl (C=O) groups is 3. The highest BCUT2D eigenvalue weighted by molar-refractivity contribution is 6.31. The van der Waals surface area contributed by atoms with E-state index >= 15 is 0 Å². The molecule has 1 aliphatic rings. The molecule has 1 atom stereocenters. The van der Waals surface area contributed by atoms with Gasteiger partial charge in [0.05, 0.1) is 10.9 Å². The fourth-order valence-corrected chi connectivity index (χ4v) is 2.87. The van der Waals surface area contributed by atoms with Gasteiger partial charge in [-0.05, 0) is 51.8 Å². The van der Waals surface area contributed by atoms with Crippen LogP contribution in [0.3, 0.4) is 0 Å². The predicted molar refractivity (Wildman–Crippen MR) is 102 cm³/mol. The number of ether oxygens (including phenoxy) is 2. The molecule has 0 radical (unpaired) electrons. The summed E-state index contributed by atoms with van der Waals surface area (Å²) in [6.07, 6.45) is 0.725. The fourth-order valence-electron chi connectivity index (χ4n) is 2.69. The first-order chi connectivity index (χ1) is 13.0. The Kier molecular flexibility index (Phi) is 7.23. The molecule has 1 unspecified atom stereocenters. The lowest BCUT2D eigenvalue weighted by Gasteiger charge is -2.33. The number of piperidine rings is 1. The molecule has 1 aliphatic heterocycles. The molecule has 7 nitrogen and oxygen atoms in total. The first kappa shape index (κ1) is 21.9. The van der Waals surface area contributed by atoms with Crippen LogP contribution in [0.5, 0.6) is 0 Å². The van der Waals surface area contributed by atoms with E-state index in [2.05, 4.69) is 5.32 Å². The number of carbonyl (C=O) groups excluding carboxylic acids is 3. The van der Waals surface area contributed by atoms with Crippen LogP contribution in [0, 0.1) is 11.7 Å². The molecule has 1 N–H and O–H groups in total. The number of nitrogens with zero attached hydrogens (tertiary/aromatic N) is 1. The molecular formula is C19H24ClFN2O5. The SMILES string of the molecule is CC(C)(C)OC(=O)N1CCCC(C(=O)OCC(=O)Nc2ccc(F)c(Cl)c2)C1. The molecule has 154 valence electrons. The summed E-state index contributed by atoms with van der Waals surface area (Å²) in [4.78, 5) is 37.8. The van der Waals surface area contributed by atoms with Gasteiger partial charge in [-0.1, -0.05) is 11.6 Å². The van der Waals surface area contributed by atoms with E-state index in [1.165, 1.54) is 17.0 Å². The lowest BCUT2D eigenvalue weighted by Crippen LogP contribution is -2.45. The average Bonchev–Trinajstić information content (AvgIpc) is 2.61. The van der Waals surface area contributed by atoms with Crippen LogP contribution in [0.15, 0.2) is 18.2 Å². The molecule has 1 fully saturated rings. The maximum absolute atomic E-state index is 13.1. The number of likely N-dealkylation sites (tertiary alicyclic amines) is 1. The minimum Gasteiger partial charge on any atom is -0.455 e. The average molecular weight is 415 g/mol. The Morgan fingerprint density at radius 1 is 1.32 bits per heavy atom. The highest BCUT2D eigenvalue weighted by atomic mass is 35.5. The minimum absolute atomic E-state index is 0.126. The fraction of sp³-hybridized carbons (Fsp3) is 0.526. The highest BCUT2D eigenvalue weighted by Gasteiger charge is 2.32. The van der Waals surface area contributed by atoms with Crippen molar-refractivity contribution in [1.29, 1.82) is 0 Å². The van der Waals surface area contributed by atoms with Crippen molar-refractivity contribution in [2.24, 2.45) is 5.92 Å². The molecule has 0 saturated carbocycles. The van der Waals surface area contributed by atoms with Crippen molar-refractivity contribution >= 4 is 35.3 Å². The topological polar surface area (TPSA) is 84.9 Å². The van der Waals surface area contributed by atoms with E-state index in [4.69, 9.17) is 21.1 Å². The molecule has 28 heavy (non-hydrogen) atoms. The van der Waals surface area contributed by atoms with Crippen molar-refractivity contribution in [3.63, 3.8) is 0 Å². The Labute approximate surface area is 168 Å². The summed E-state index contributed by atoms with van der Waals surface area (Å²) in [5, 5.41) is 2.34. The molecule has 1 heterocycles. The van der Waals surface area contributed by atoms with Crippen molar-refractivity contribution in [2.45, 2.75) is 39.2 Å². The summed E-state index contributed by atoms with van der Waals surface area (Å²) < 4.78 is 23.5. The van der Waals surface area contributed by atoms with Crippen LogP contribution in [0.2, 0.25) is 5.02 Å². The molecule has 1 aromatic rings. The van der Waals surface area contributed by atoms with E-state index in [0.29, 0.717) is 25.1 Å². The van der Waals surface area contributed by atoms with E-state index < -0.39 is 41.9 Å². The second-order valence-electron chi connectivity index (χ2n) is 7.55. The first-order valence-electron chi connectivity index (χ1n) is 8.94.